The molecule has 2 heterocycles. The van der Waals surface area contributed by atoms with Gasteiger partial charge in [0.1, 0.15) is 12.9 Å². The highest BCUT2D eigenvalue weighted by Gasteiger charge is 2.13. The zero-order chi connectivity index (χ0) is 18.0. The van der Waals surface area contributed by atoms with E-state index in [0.29, 0.717) is 22.8 Å². The van der Waals surface area contributed by atoms with Gasteiger partial charge >= 0.3 is 0 Å². The molecule has 10 heteroatoms. The van der Waals surface area contributed by atoms with Crippen LogP contribution in [0.25, 0.3) is 11.2 Å². The average Bonchev–Trinajstić information content (AvgIpc) is 2.99. The molecule has 0 saturated heterocycles. The largest absolute Gasteiger partial charge is 0.493 e. The molecule has 25 heavy (non-hydrogen) atoms. The number of amides is 1. The summed E-state index contributed by atoms with van der Waals surface area (Å²) >= 11 is 0. The lowest BCUT2D eigenvalue weighted by Crippen LogP contribution is -2.28. The van der Waals surface area contributed by atoms with Gasteiger partial charge in [-0.25, -0.2) is 9.67 Å². The number of benzene rings is 1. The third-order valence-electron chi connectivity index (χ3n) is 3.56. The van der Waals surface area contributed by atoms with Gasteiger partial charge < -0.3 is 14.8 Å². The highest BCUT2D eigenvalue weighted by Crippen LogP contribution is 2.29. The van der Waals surface area contributed by atoms with Crippen LogP contribution in [0.2, 0.25) is 0 Å². The van der Waals surface area contributed by atoms with E-state index in [9.17, 15) is 9.59 Å². The third kappa shape index (κ3) is 3.13. The molecule has 0 bridgehead atoms. The highest BCUT2D eigenvalue weighted by atomic mass is 16.5. The van der Waals surface area contributed by atoms with Crippen molar-refractivity contribution in [3.8, 4) is 11.5 Å². The minimum atomic E-state index is -0.430. The number of aromatic nitrogens is 5. The molecule has 3 rings (SSSR count). The lowest BCUT2D eigenvalue weighted by Gasteiger charge is -2.11. The molecule has 0 unspecified atom stereocenters. The summed E-state index contributed by atoms with van der Waals surface area (Å²) in [4.78, 5) is 28.6. The topological polar surface area (TPSA) is 113 Å². The first-order chi connectivity index (χ1) is 12.0. The van der Waals surface area contributed by atoms with Crippen LogP contribution in [0.4, 0.5) is 5.69 Å². The van der Waals surface area contributed by atoms with Gasteiger partial charge in [0, 0.05) is 18.8 Å². The molecular weight excluding hydrogens is 328 g/mol. The molecule has 0 aliphatic carbocycles. The van der Waals surface area contributed by atoms with Gasteiger partial charge in [0.05, 0.1) is 14.2 Å². The fraction of sp³-hybridized carbons (Fsp3) is 0.267. The second kappa shape index (κ2) is 6.59. The van der Waals surface area contributed by atoms with Crippen molar-refractivity contribution in [3.63, 3.8) is 0 Å². The quantitative estimate of drug-likeness (QED) is 0.702. The molecule has 0 fully saturated rings. The lowest BCUT2D eigenvalue weighted by molar-refractivity contribution is -0.116. The zero-order valence-corrected chi connectivity index (χ0v) is 13.9. The van der Waals surface area contributed by atoms with Crippen molar-refractivity contribution in [3.05, 3.63) is 34.9 Å². The number of nitrogens with one attached hydrogen (secondary N) is 1. The molecule has 0 atom stereocenters. The van der Waals surface area contributed by atoms with Gasteiger partial charge in [0.2, 0.25) is 5.91 Å². The van der Waals surface area contributed by atoms with Crippen molar-refractivity contribution in [2.75, 3.05) is 19.5 Å². The number of methoxy groups -OCH3 is 2. The van der Waals surface area contributed by atoms with Gasteiger partial charge in [0.25, 0.3) is 5.56 Å². The maximum absolute atomic E-state index is 12.3. The summed E-state index contributed by atoms with van der Waals surface area (Å²) in [6.45, 7) is -0.202. The van der Waals surface area contributed by atoms with E-state index >= 15 is 0 Å². The number of hydrogen-bond donors (Lipinski definition) is 1. The van der Waals surface area contributed by atoms with E-state index in [2.05, 4.69) is 20.6 Å². The van der Waals surface area contributed by atoms with Crippen LogP contribution in [-0.4, -0.2) is 44.7 Å². The van der Waals surface area contributed by atoms with Crippen molar-refractivity contribution < 1.29 is 14.3 Å². The molecule has 0 spiro atoms. The number of nitrogens with zero attached hydrogens (tertiary/aromatic N) is 5. The molecule has 1 N–H and O–H groups in total. The van der Waals surface area contributed by atoms with Crippen molar-refractivity contribution in [2.45, 2.75) is 6.54 Å². The minimum absolute atomic E-state index is 0.115. The highest BCUT2D eigenvalue weighted by molar-refractivity contribution is 5.91. The second-order valence-electron chi connectivity index (χ2n) is 5.18. The monoisotopic (exact) mass is 344 g/mol. The number of carbonyl (C=O) groups is 1. The Balaban J connectivity index is 1.79. The van der Waals surface area contributed by atoms with Gasteiger partial charge in [-0.1, -0.05) is 5.21 Å². The summed E-state index contributed by atoms with van der Waals surface area (Å²) < 4.78 is 12.9. The molecule has 3 aromatic rings. The summed E-state index contributed by atoms with van der Waals surface area (Å²) in [5, 5.41) is 10.2. The Morgan fingerprint density at radius 3 is 2.72 bits per heavy atom. The molecule has 0 saturated carbocycles. The standard InChI is InChI=1S/C15H16N6O4/c1-20-14-13(18-19-20)15(23)21(8-16-14)7-12(22)17-9-4-5-10(24-2)11(6-9)25-3/h4-6,8H,7H2,1-3H3,(H,17,22). The number of rotatable bonds is 5. The predicted molar refractivity (Wildman–Crippen MR) is 88.7 cm³/mol. The Kier molecular flexibility index (Phi) is 4.33. The van der Waals surface area contributed by atoms with Crippen LogP contribution in [0.3, 0.4) is 0 Å². The Morgan fingerprint density at radius 2 is 2.00 bits per heavy atom. The summed E-state index contributed by atoms with van der Waals surface area (Å²) in [5.41, 5.74) is 0.565. The van der Waals surface area contributed by atoms with E-state index in [0.717, 1.165) is 0 Å². The van der Waals surface area contributed by atoms with Crippen LogP contribution in [-0.2, 0) is 18.4 Å². The Labute approximate surface area is 142 Å². The zero-order valence-electron chi connectivity index (χ0n) is 13.9. The van der Waals surface area contributed by atoms with E-state index in [1.54, 1.807) is 25.2 Å². The maximum atomic E-state index is 12.3. The first-order valence-corrected chi connectivity index (χ1v) is 7.30. The van der Waals surface area contributed by atoms with Crippen molar-refractivity contribution in [1.29, 1.82) is 0 Å². The fourth-order valence-electron chi connectivity index (χ4n) is 2.33. The molecule has 0 aliphatic rings. The maximum Gasteiger partial charge on any atom is 0.283 e. The SMILES string of the molecule is COc1ccc(NC(=O)Cn2cnc3c(nnn3C)c2=O)cc1OC. The number of carbonyl (C=O) groups excluding carboxylic acids is 1. The van der Waals surface area contributed by atoms with Crippen LogP contribution < -0.4 is 20.3 Å². The molecular formula is C15H16N6O4. The number of hydrogen-bond acceptors (Lipinski definition) is 7. The van der Waals surface area contributed by atoms with Crippen LogP contribution in [0.15, 0.2) is 29.3 Å². The second-order valence-corrected chi connectivity index (χ2v) is 5.18. The van der Waals surface area contributed by atoms with Crippen LogP contribution in [0.5, 0.6) is 11.5 Å². The normalized spacial score (nSPS) is 10.7. The summed E-state index contributed by atoms with van der Waals surface area (Å²) in [6, 6.07) is 4.98. The smallest absolute Gasteiger partial charge is 0.283 e. The van der Waals surface area contributed by atoms with Crippen LogP contribution in [0.1, 0.15) is 0 Å². The van der Waals surface area contributed by atoms with Crippen molar-refractivity contribution in [2.24, 2.45) is 7.05 Å². The van der Waals surface area contributed by atoms with E-state index in [1.165, 1.54) is 29.8 Å². The van der Waals surface area contributed by atoms with Crippen LogP contribution >= 0.6 is 0 Å². The minimum Gasteiger partial charge on any atom is -0.493 e. The van der Waals surface area contributed by atoms with Gasteiger partial charge in [-0.15, -0.1) is 5.10 Å². The van der Waals surface area contributed by atoms with E-state index < -0.39 is 5.56 Å². The molecule has 10 nitrogen and oxygen atoms in total. The van der Waals surface area contributed by atoms with Gasteiger partial charge in [-0.2, -0.15) is 0 Å². The molecule has 2 aromatic heterocycles. The Bertz CT molecular complexity index is 993. The molecule has 1 amide bonds. The first kappa shape index (κ1) is 16.4. The Morgan fingerprint density at radius 1 is 1.24 bits per heavy atom. The number of aryl methyl sites for hydroxylation is 1. The van der Waals surface area contributed by atoms with Gasteiger partial charge in [0.15, 0.2) is 22.7 Å². The van der Waals surface area contributed by atoms with Crippen LogP contribution in [0, 0.1) is 0 Å². The lowest BCUT2D eigenvalue weighted by atomic mass is 10.2. The third-order valence-corrected chi connectivity index (χ3v) is 3.56. The summed E-state index contributed by atoms with van der Waals surface area (Å²) in [6.07, 6.45) is 1.29. The first-order valence-electron chi connectivity index (χ1n) is 7.30. The van der Waals surface area contributed by atoms with E-state index in [4.69, 9.17) is 9.47 Å². The summed E-state index contributed by atoms with van der Waals surface area (Å²) in [5.74, 6) is 0.647. The Hall–Kier alpha value is -3.43. The van der Waals surface area contributed by atoms with E-state index in [1.807, 2.05) is 0 Å². The van der Waals surface area contributed by atoms with E-state index in [-0.39, 0.29) is 18.0 Å². The van der Waals surface area contributed by atoms with Crippen molar-refractivity contribution >= 4 is 22.8 Å². The summed E-state index contributed by atoms with van der Waals surface area (Å²) in [7, 11) is 4.67. The molecule has 0 radical (unpaired) electrons. The number of anilines is 1. The molecule has 130 valence electrons. The average molecular weight is 344 g/mol. The van der Waals surface area contributed by atoms with Crippen molar-refractivity contribution in [1.82, 2.24) is 24.5 Å². The molecule has 1 aromatic carbocycles. The van der Waals surface area contributed by atoms with Gasteiger partial charge in [-0.05, 0) is 12.1 Å². The fourth-order valence-corrected chi connectivity index (χ4v) is 2.33. The van der Waals surface area contributed by atoms with Gasteiger partial charge in [-0.3, -0.25) is 14.2 Å². The molecule has 0 aliphatic heterocycles. The number of ether oxygens (including phenoxy) is 2. The number of fused-ring (bicyclic) bond motifs is 1. The predicted octanol–water partition coefficient (Wildman–Crippen LogP) is 0.181.